The Labute approximate surface area is 189 Å². The minimum Gasteiger partial charge on any atom is -0.335 e. The first-order valence-electron chi connectivity index (χ1n) is 10.1. The highest BCUT2D eigenvalue weighted by Gasteiger charge is 2.36. The first-order chi connectivity index (χ1) is 15.3. The van der Waals surface area contributed by atoms with E-state index in [9.17, 15) is 22.8 Å². The first-order valence-corrected chi connectivity index (χ1v) is 11.8. The SMILES string of the molecule is O=C(c1cc2ccc(C(F)(F)F)cc2s1)N1CC(N[C@H]2CCN(C(=O)c3nccs3)C2)C1. The molecule has 3 aromatic rings. The Morgan fingerprint density at radius 2 is 1.84 bits per heavy atom. The Kier molecular flexibility index (Phi) is 5.42. The minimum absolute atomic E-state index is 0.0480. The zero-order chi connectivity index (χ0) is 22.5. The normalized spacial score (nSPS) is 19.5. The maximum absolute atomic E-state index is 12.9. The zero-order valence-electron chi connectivity index (χ0n) is 16.8. The molecule has 168 valence electrons. The molecule has 2 aliphatic rings. The predicted molar refractivity (Wildman–Crippen MR) is 116 cm³/mol. The van der Waals surface area contributed by atoms with Gasteiger partial charge in [0.05, 0.1) is 10.4 Å². The fraction of sp³-hybridized carbons (Fsp3) is 0.381. The Hall–Kier alpha value is -2.50. The number of carbonyl (C=O) groups is 2. The highest BCUT2D eigenvalue weighted by atomic mass is 32.1. The van der Waals surface area contributed by atoms with Crippen LogP contribution in [0.4, 0.5) is 13.2 Å². The van der Waals surface area contributed by atoms with Gasteiger partial charge in [-0.05, 0) is 30.0 Å². The number of hydrogen-bond donors (Lipinski definition) is 1. The van der Waals surface area contributed by atoms with Crippen molar-refractivity contribution >= 4 is 44.6 Å². The van der Waals surface area contributed by atoms with E-state index in [1.54, 1.807) is 27.4 Å². The van der Waals surface area contributed by atoms with Crippen LogP contribution in [-0.4, -0.2) is 64.9 Å². The van der Waals surface area contributed by atoms with Gasteiger partial charge in [-0.2, -0.15) is 13.2 Å². The van der Waals surface area contributed by atoms with E-state index in [4.69, 9.17) is 0 Å². The van der Waals surface area contributed by atoms with Crippen LogP contribution < -0.4 is 5.32 Å². The van der Waals surface area contributed by atoms with Crippen molar-refractivity contribution in [2.45, 2.75) is 24.7 Å². The molecule has 0 unspecified atom stereocenters. The van der Waals surface area contributed by atoms with Crippen molar-refractivity contribution < 1.29 is 22.8 Å². The van der Waals surface area contributed by atoms with E-state index < -0.39 is 11.7 Å². The molecule has 2 saturated heterocycles. The Bertz CT molecular complexity index is 1160. The van der Waals surface area contributed by atoms with E-state index in [1.165, 1.54) is 17.4 Å². The summed E-state index contributed by atoms with van der Waals surface area (Å²) >= 11 is 2.42. The van der Waals surface area contributed by atoms with Crippen molar-refractivity contribution in [1.29, 1.82) is 0 Å². The van der Waals surface area contributed by atoms with Crippen molar-refractivity contribution in [3.05, 3.63) is 51.3 Å². The van der Waals surface area contributed by atoms with Crippen LogP contribution in [0.3, 0.4) is 0 Å². The maximum atomic E-state index is 12.9. The standard InChI is InChI=1S/C21H19F3N4O2S2/c22-21(23,24)13-2-1-12-7-17(32-16(12)8-13)19(29)28-10-15(11-28)26-14-3-5-27(9-14)20(30)18-25-4-6-31-18/h1-2,4,6-8,14-15,26H,3,5,9-11H2/t14-/m0/s1. The number of thiophene rings is 1. The molecule has 0 radical (unpaired) electrons. The van der Waals surface area contributed by atoms with Gasteiger partial charge >= 0.3 is 6.18 Å². The number of rotatable bonds is 4. The summed E-state index contributed by atoms with van der Waals surface area (Å²) in [6, 6.07) is 5.51. The number of nitrogens with one attached hydrogen (secondary N) is 1. The van der Waals surface area contributed by atoms with Gasteiger partial charge in [0.25, 0.3) is 11.8 Å². The fourth-order valence-electron chi connectivity index (χ4n) is 4.10. The van der Waals surface area contributed by atoms with E-state index >= 15 is 0 Å². The average molecular weight is 481 g/mol. The van der Waals surface area contributed by atoms with Gasteiger partial charge in [0, 0.05) is 54.5 Å². The quantitative estimate of drug-likeness (QED) is 0.619. The largest absolute Gasteiger partial charge is 0.416 e. The number of aromatic nitrogens is 1. The van der Waals surface area contributed by atoms with Crippen molar-refractivity contribution in [2.75, 3.05) is 26.2 Å². The summed E-state index contributed by atoms with van der Waals surface area (Å²) in [5.41, 5.74) is -0.710. The number of hydrogen-bond acceptors (Lipinski definition) is 6. The van der Waals surface area contributed by atoms with Gasteiger partial charge in [0.15, 0.2) is 5.01 Å². The third-order valence-corrected chi connectivity index (χ3v) is 7.64. The van der Waals surface area contributed by atoms with Gasteiger partial charge < -0.3 is 15.1 Å². The molecule has 11 heteroatoms. The second-order valence-corrected chi connectivity index (χ2v) is 9.99. The van der Waals surface area contributed by atoms with Gasteiger partial charge in [0.1, 0.15) is 0 Å². The van der Waals surface area contributed by atoms with Crippen LogP contribution >= 0.6 is 22.7 Å². The van der Waals surface area contributed by atoms with Gasteiger partial charge in [-0.15, -0.1) is 22.7 Å². The summed E-state index contributed by atoms with van der Waals surface area (Å²) in [7, 11) is 0. The van der Waals surface area contributed by atoms with E-state index in [2.05, 4.69) is 10.3 Å². The number of likely N-dealkylation sites (tertiary alicyclic amines) is 2. The molecule has 1 N–H and O–H groups in total. The molecule has 1 aromatic carbocycles. The fourth-order valence-corrected chi connectivity index (χ4v) is 5.77. The molecule has 0 spiro atoms. The van der Waals surface area contributed by atoms with E-state index in [0.29, 0.717) is 46.1 Å². The van der Waals surface area contributed by atoms with E-state index in [1.807, 2.05) is 0 Å². The number of thiazole rings is 1. The lowest BCUT2D eigenvalue weighted by Crippen LogP contribution is -2.61. The summed E-state index contributed by atoms with van der Waals surface area (Å²) in [4.78, 5) is 33.2. The maximum Gasteiger partial charge on any atom is 0.416 e. The van der Waals surface area contributed by atoms with Crippen LogP contribution in [0.1, 0.15) is 31.5 Å². The summed E-state index contributed by atoms with van der Waals surface area (Å²) < 4.78 is 39.2. The van der Waals surface area contributed by atoms with Crippen LogP contribution in [0.2, 0.25) is 0 Å². The van der Waals surface area contributed by atoms with Crippen LogP contribution in [0.25, 0.3) is 10.1 Å². The van der Waals surface area contributed by atoms with Gasteiger partial charge in [-0.3, -0.25) is 9.59 Å². The van der Waals surface area contributed by atoms with Crippen LogP contribution in [0.15, 0.2) is 35.8 Å². The number of fused-ring (bicyclic) bond motifs is 1. The Morgan fingerprint density at radius 1 is 1.06 bits per heavy atom. The molecule has 6 nitrogen and oxygen atoms in total. The molecule has 1 atom stereocenters. The van der Waals surface area contributed by atoms with Gasteiger partial charge in [-0.1, -0.05) is 6.07 Å². The lowest BCUT2D eigenvalue weighted by Gasteiger charge is -2.40. The molecule has 0 saturated carbocycles. The molecule has 2 aliphatic heterocycles. The molecular formula is C21H19F3N4O2S2. The van der Waals surface area contributed by atoms with Crippen molar-refractivity contribution in [1.82, 2.24) is 20.1 Å². The summed E-state index contributed by atoms with van der Waals surface area (Å²) in [6.45, 7) is 2.36. The second kappa shape index (κ2) is 8.13. The van der Waals surface area contributed by atoms with Crippen molar-refractivity contribution in [2.24, 2.45) is 0 Å². The molecular weight excluding hydrogens is 461 g/mol. The van der Waals surface area contributed by atoms with Crippen LogP contribution in [-0.2, 0) is 6.18 Å². The number of halogens is 3. The molecule has 32 heavy (non-hydrogen) atoms. The second-order valence-electron chi connectivity index (χ2n) is 8.01. The van der Waals surface area contributed by atoms with Gasteiger partial charge in [0.2, 0.25) is 0 Å². The first kappa shape index (κ1) is 21.4. The number of nitrogens with zero attached hydrogens (tertiary/aromatic N) is 3. The smallest absolute Gasteiger partial charge is 0.335 e. The summed E-state index contributed by atoms with van der Waals surface area (Å²) in [5, 5.41) is 6.42. The molecule has 4 heterocycles. The molecule has 0 bridgehead atoms. The molecule has 5 rings (SSSR count). The zero-order valence-corrected chi connectivity index (χ0v) is 18.4. The predicted octanol–water partition coefficient (Wildman–Crippen LogP) is 3.71. The number of benzene rings is 1. The lowest BCUT2D eigenvalue weighted by atomic mass is 10.1. The number of alkyl halides is 3. The summed E-state index contributed by atoms with van der Waals surface area (Å²) in [6.07, 6.45) is -1.94. The molecule has 2 amide bonds. The van der Waals surface area contributed by atoms with Crippen molar-refractivity contribution in [3.8, 4) is 0 Å². The highest BCUT2D eigenvalue weighted by Crippen LogP contribution is 2.35. The molecule has 0 aliphatic carbocycles. The van der Waals surface area contributed by atoms with Crippen molar-refractivity contribution in [3.63, 3.8) is 0 Å². The highest BCUT2D eigenvalue weighted by molar-refractivity contribution is 7.20. The molecule has 2 fully saturated rings. The molecule has 2 aromatic heterocycles. The number of carbonyl (C=O) groups excluding carboxylic acids is 2. The monoisotopic (exact) mass is 480 g/mol. The van der Waals surface area contributed by atoms with Crippen LogP contribution in [0.5, 0.6) is 0 Å². The average Bonchev–Trinajstić information content (AvgIpc) is 3.48. The number of amides is 2. The van der Waals surface area contributed by atoms with E-state index in [-0.39, 0.29) is 23.9 Å². The van der Waals surface area contributed by atoms with E-state index in [0.717, 1.165) is 29.9 Å². The topological polar surface area (TPSA) is 65.5 Å². The minimum atomic E-state index is -4.40. The summed E-state index contributed by atoms with van der Waals surface area (Å²) in [5.74, 6) is -0.210. The third kappa shape index (κ3) is 4.12. The van der Waals surface area contributed by atoms with Crippen LogP contribution in [0, 0.1) is 0 Å². The Morgan fingerprint density at radius 3 is 2.56 bits per heavy atom. The Balaban J connectivity index is 1.15. The third-order valence-electron chi connectivity index (χ3n) is 5.79. The van der Waals surface area contributed by atoms with Gasteiger partial charge in [-0.25, -0.2) is 4.98 Å². The lowest BCUT2D eigenvalue weighted by molar-refractivity contribution is -0.137.